The fraction of sp³-hybridized carbons (Fsp3) is 0.391. The lowest BCUT2D eigenvalue weighted by molar-refractivity contribution is -0.125. The highest BCUT2D eigenvalue weighted by Gasteiger charge is 2.22. The van der Waals surface area contributed by atoms with Gasteiger partial charge in [-0.3, -0.25) is 4.79 Å². The molecule has 0 saturated carbocycles. The highest BCUT2D eigenvalue weighted by atomic mass is 16.6. The van der Waals surface area contributed by atoms with Gasteiger partial charge in [0.1, 0.15) is 13.2 Å². The molecule has 1 N–H and O–H groups in total. The summed E-state index contributed by atoms with van der Waals surface area (Å²) in [6, 6.07) is 12.4. The van der Waals surface area contributed by atoms with Crippen LogP contribution in [0.5, 0.6) is 11.5 Å². The molecule has 0 radical (unpaired) electrons. The number of nitrogens with zero attached hydrogens (tertiary/aromatic N) is 1. The number of amides is 1. The van der Waals surface area contributed by atoms with E-state index in [1.807, 2.05) is 63.2 Å². The summed E-state index contributed by atoms with van der Waals surface area (Å²) in [5, 5.41) is 2.95. The molecule has 0 bridgehead atoms. The molecule has 0 unspecified atom stereocenters. The van der Waals surface area contributed by atoms with Crippen molar-refractivity contribution in [1.29, 1.82) is 0 Å². The summed E-state index contributed by atoms with van der Waals surface area (Å²) < 4.78 is 16.4. The van der Waals surface area contributed by atoms with Gasteiger partial charge in [0.15, 0.2) is 18.1 Å². The predicted octanol–water partition coefficient (Wildman–Crippen LogP) is 3.19. The maximum Gasteiger partial charge on any atom is 0.338 e. The van der Waals surface area contributed by atoms with Crippen LogP contribution in [0, 0.1) is 5.92 Å². The summed E-state index contributed by atoms with van der Waals surface area (Å²) in [4.78, 5) is 26.6. The zero-order valence-electron chi connectivity index (χ0n) is 17.8. The van der Waals surface area contributed by atoms with Gasteiger partial charge in [0, 0.05) is 19.8 Å². The molecule has 0 spiro atoms. The largest absolute Gasteiger partial charge is 0.486 e. The second-order valence-corrected chi connectivity index (χ2v) is 7.71. The van der Waals surface area contributed by atoms with E-state index in [1.165, 1.54) is 0 Å². The molecule has 0 aliphatic carbocycles. The maximum atomic E-state index is 12.4. The van der Waals surface area contributed by atoms with Crippen LogP contribution in [0.4, 0.5) is 5.69 Å². The number of fused-ring (bicyclic) bond motifs is 1. The van der Waals surface area contributed by atoms with Crippen molar-refractivity contribution in [2.24, 2.45) is 5.92 Å². The molecular weight excluding hydrogens is 384 g/mol. The Morgan fingerprint density at radius 1 is 1.03 bits per heavy atom. The average molecular weight is 412 g/mol. The number of carbonyl (C=O) groups is 2. The van der Waals surface area contributed by atoms with Crippen LogP contribution in [0.3, 0.4) is 0 Å². The van der Waals surface area contributed by atoms with Gasteiger partial charge in [-0.1, -0.05) is 19.9 Å². The van der Waals surface area contributed by atoms with Crippen LogP contribution < -0.4 is 19.7 Å². The smallest absolute Gasteiger partial charge is 0.338 e. The zero-order chi connectivity index (χ0) is 21.7. The number of esters is 1. The van der Waals surface area contributed by atoms with Crippen molar-refractivity contribution in [3.63, 3.8) is 0 Å². The maximum absolute atomic E-state index is 12.4. The van der Waals surface area contributed by atoms with E-state index >= 15 is 0 Å². The van der Waals surface area contributed by atoms with Crippen molar-refractivity contribution in [1.82, 2.24) is 5.32 Å². The average Bonchev–Trinajstić information content (AvgIpc) is 2.75. The van der Waals surface area contributed by atoms with Gasteiger partial charge in [-0.25, -0.2) is 4.79 Å². The second-order valence-electron chi connectivity index (χ2n) is 7.71. The van der Waals surface area contributed by atoms with E-state index in [2.05, 4.69) is 5.32 Å². The Morgan fingerprint density at radius 3 is 2.33 bits per heavy atom. The lowest BCUT2D eigenvalue weighted by Crippen LogP contribution is -2.35. The van der Waals surface area contributed by atoms with Crippen molar-refractivity contribution >= 4 is 17.6 Å². The van der Waals surface area contributed by atoms with E-state index in [4.69, 9.17) is 14.2 Å². The third kappa shape index (κ3) is 5.23. The first-order valence-electron chi connectivity index (χ1n) is 9.98. The van der Waals surface area contributed by atoms with Crippen LogP contribution in [0.1, 0.15) is 35.8 Å². The minimum absolute atomic E-state index is 0.130. The van der Waals surface area contributed by atoms with Gasteiger partial charge in [-0.2, -0.15) is 0 Å². The van der Waals surface area contributed by atoms with Gasteiger partial charge in [0.05, 0.1) is 11.6 Å². The monoisotopic (exact) mass is 412 g/mol. The molecule has 0 fully saturated rings. The van der Waals surface area contributed by atoms with Crippen LogP contribution in [-0.2, 0) is 9.53 Å². The molecule has 0 aromatic heterocycles. The number of ether oxygens (including phenoxy) is 3. The van der Waals surface area contributed by atoms with Crippen LogP contribution in [0.2, 0.25) is 0 Å². The highest BCUT2D eigenvalue weighted by Crippen LogP contribution is 2.34. The summed E-state index contributed by atoms with van der Waals surface area (Å²) >= 11 is 0. The van der Waals surface area contributed by atoms with Gasteiger partial charge in [0.2, 0.25) is 0 Å². The van der Waals surface area contributed by atoms with E-state index < -0.39 is 5.97 Å². The summed E-state index contributed by atoms with van der Waals surface area (Å²) in [6.07, 6.45) is 0. The normalized spacial score (nSPS) is 13.5. The van der Waals surface area contributed by atoms with Gasteiger partial charge in [-0.15, -0.1) is 0 Å². The second kappa shape index (κ2) is 9.52. The van der Waals surface area contributed by atoms with E-state index in [0.29, 0.717) is 30.3 Å². The van der Waals surface area contributed by atoms with Gasteiger partial charge >= 0.3 is 5.97 Å². The summed E-state index contributed by atoms with van der Waals surface area (Å²) in [5.74, 6) is 0.614. The quantitative estimate of drug-likeness (QED) is 0.704. The van der Waals surface area contributed by atoms with Crippen molar-refractivity contribution in [3.05, 3.63) is 53.6 Å². The minimum Gasteiger partial charge on any atom is -0.486 e. The van der Waals surface area contributed by atoms with Crippen LogP contribution in [-0.4, -0.2) is 45.8 Å². The van der Waals surface area contributed by atoms with Crippen LogP contribution >= 0.6 is 0 Å². The molecule has 2 aromatic rings. The molecule has 1 aliphatic rings. The fourth-order valence-corrected chi connectivity index (χ4v) is 3.21. The van der Waals surface area contributed by atoms with Gasteiger partial charge in [0.25, 0.3) is 5.91 Å². The topological polar surface area (TPSA) is 77.1 Å². The van der Waals surface area contributed by atoms with Crippen molar-refractivity contribution in [2.45, 2.75) is 19.9 Å². The first-order valence-corrected chi connectivity index (χ1v) is 9.98. The lowest BCUT2D eigenvalue weighted by atomic mass is 9.95. The molecule has 160 valence electrons. The molecule has 3 rings (SSSR count). The van der Waals surface area contributed by atoms with E-state index in [9.17, 15) is 9.59 Å². The third-order valence-corrected chi connectivity index (χ3v) is 4.86. The van der Waals surface area contributed by atoms with E-state index in [-0.39, 0.29) is 24.5 Å². The third-order valence-electron chi connectivity index (χ3n) is 4.86. The molecule has 0 saturated heterocycles. The molecule has 7 nitrogen and oxygen atoms in total. The molecule has 1 amide bonds. The standard InChI is InChI=1S/C23H28N2O5/c1-15(2)22(17-7-10-19-20(13-17)29-12-11-28-19)24-21(26)14-30-23(27)16-5-8-18(9-6-16)25(3)4/h5-10,13,15,22H,11-12,14H2,1-4H3,(H,24,26)/t22-/m1/s1. The molecular formula is C23H28N2O5. The highest BCUT2D eigenvalue weighted by molar-refractivity contribution is 5.91. The first-order chi connectivity index (χ1) is 14.3. The number of anilines is 1. The van der Waals surface area contributed by atoms with Gasteiger partial charge in [-0.05, 0) is 47.9 Å². The van der Waals surface area contributed by atoms with Gasteiger partial charge < -0.3 is 24.4 Å². The Balaban J connectivity index is 1.59. The van der Waals surface area contributed by atoms with Crippen molar-refractivity contribution in [3.8, 4) is 11.5 Å². The molecule has 7 heteroatoms. The summed E-state index contributed by atoms with van der Waals surface area (Å²) in [5.41, 5.74) is 2.29. The Labute approximate surface area is 176 Å². The van der Waals surface area contributed by atoms with Crippen molar-refractivity contribution < 1.29 is 23.8 Å². The summed E-state index contributed by atoms with van der Waals surface area (Å²) in [7, 11) is 3.84. The minimum atomic E-state index is -0.532. The number of nitrogens with one attached hydrogen (secondary N) is 1. The molecule has 30 heavy (non-hydrogen) atoms. The fourth-order valence-electron chi connectivity index (χ4n) is 3.21. The molecule has 1 atom stereocenters. The van der Waals surface area contributed by atoms with E-state index in [0.717, 1.165) is 11.3 Å². The van der Waals surface area contributed by atoms with Crippen LogP contribution in [0.25, 0.3) is 0 Å². The molecule has 1 aliphatic heterocycles. The summed E-state index contributed by atoms with van der Waals surface area (Å²) in [6.45, 7) is 4.71. The Hall–Kier alpha value is -3.22. The Morgan fingerprint density at radius 2 is 1.70 bits per heavy atom. The molecule has 2 aromatic carbocycles. The SMILES string of the molecule is CC(C)[C@@H](NC(=O)COC(=O)c1ccc(N(C)C)cc1)c1ccc2c(c1)OCCO2. The first kappa shape index (κ1) is 21.5. The number of carbonyl (C=O) groups excluding carboxylic acids is 2. The van der Waals surface area contributed by atoms with Crippen LogP contribution in [0.15, 0.2) is 42.5 Å². The number of rotatable bonds is 7. The molecule has 1 heterocycles. The number of benzene rings is 2. The zero-order valence-corrected chi connectivity index (χ0v) is 17.8. The van der Waals surface area contributed by atoms with Crippen molar-refractivity contribution in [2.75, 3.05) is 38.8 Å². The van der Waals surface area contributed by atoms with E-state index in [1.54, 1.807) is 12.1 Å². The number of hydrogen-bond acceptors (Lipinski definition) is 6. The Bertz CT molecular complexity index is 893. The Kier molecular flexibility index (Phi) is 6.82. The lowest BCUT2D eigenvalue weighted by Gasteiger charge is -2.25. The number of hydrogen-bond donors (Lipinski definition) is 1. The predicted molar refractivity (Wildman–Crippen MR) is 114 cm³/mol.